The molecule has 0 atom stereocenters. The van der Waals surface area contributed by atoms with Crippen molar-refractivity contribution in [1.29, 1.82) is 0 Å². The van der Waals surface area contributed by atoms with Crippen molar-refractivity contribution in [3.8, 4) is 22.8 Å². The van der Waals surface area contributed by atoms with Gasteiger partial charge in [-0.2, -0.15) is 5.10 Å². The Morgan fingerprint density at radius 2 is 1.79 bits per heavy atom. The molecule has 114 valence electrons. The van der Waals surface area contributed by atoms with Gasteiger partial charge in [-0.05, 0) is 36.4 Å². The molecule has 5 aromatic heterocycles. The molecule has 0 aromatic carbocycles. The van der Waals surface area contributed by atoms with E-state index < -0.39 is 0 Å². The van der Waals surface area contributed by atoms with Crippen LogP contribution in [0.5, 0.6) is 0 Å². The first kappa shape index (κ1) is 13.0. The van der Waals surface area contributed by atoms with Crippen LogP contribution >= 0.6 is 0 Å². The highest BCUT2D eigenvalue weighted by Gasteiger charge is 2.13. The fraction of sp³-hybridized carbons (Fsp3) is 0. The molecular weight excluding hydrogens is 300 g/mol. The van der Waals surface area contributed by atoms with E-state index in [1.54, 1.807) is 18.6 Å². The molecule has 0 radical (unpaired) electrons. The maximum absolute atomic E-state index is 4.47. The van der Waals surface area contributed by atoms with Crippen LogP contribution in [0.25, 0.3) is 44.7 Å². The second kappa shape index (κ2) is 4.99. The molecule has 5 rings (SSSR count). The fourth-order valence-electron chi connectivity index (χ4n) is 2.86. The van der Waals surface area contributed by atoms with Gasteiger partial charge < -0.3 is 4.98 Å². The van der Waals surface area contributed by atoms with Gasteiger partial charge in [-0.15, -0.1) is 0 Å². The van der Waals surface area contributed by atoms with E-state index in [0.29, 0.717) is 0 Å². The Morgan fingerprint density at radius 3 is 2.67 bits per heavy atom. The minimum atomic E-state index is 0.819. The van der Waals surface area contributed by atoms with Gasteiger partial charge in [0.25, 0.3) is 0 Å². The van der Waals surface area contributed by atoms with Crippen LogP contribution in [0, 0.1) is 0 Å². The van der Waals surface area contributed by atoms with Crippen LogP contribution in [-0.2, 0) is 0 Å². The van der Waals surface area contributed by atoms with E-state index in [1.165, 1.54) is 0 Å². The normalized spacial score (nSPS) is 11.3. The molecule has 0 aliphatic carbocycles. The average Bonchev–Trinajstić information content (AvgIpc) is 3.25. The highest BCUT2D eigenvalue weighted by Crippen LogP contribution is 2.29. The number of fused-ring (bicyclic) bond motifs is 2. The number of nitrogens with one attached hydrogen (secondary N) is 2. The lowest BCUT2D eigenvalue weighted by Crippen LogP contribution is -1.86. The molecule has 0 saturated carbocycles. The van der Waals surface area contributed by atoms with Crippen LogP contribution < -0.4 is 0 Å². The molecule has 2 N–H and O–H groups in total. The Labute approximate surface area is 136 Å². The number of nitrogens with zero attached hydrogens (tertiary/aromatic N) is 4. The molecule has 0 fully saturated rings. The molecule has 0 spiro atoms. The lowest BCUT2D eigenvalue weighted by molar-refractivity contribution is 1.11. The molecule has 0 amide bonds. The maximum Gasteiger partial charge on any atom is 0.137 e. The summed E-state index contributed by atoms with van der Waals surface area (Å²) in [5.41, 5.74) is 5.17. The molecule has 5 heterocycles. The minimum absolute atomic E-state index is 0.819. The van der Waals surface area contributed by atoms with E-state index in [1.807, 2.05) is 36.4 Å². The number of aromatic amines is 2. The summed E-state index contributed by atoms with van der Waals surface area (Å²) in [4.78, 5) is 16.5. The van der Waals surface area contributed by atoms with Crippen LogP contribution in [-0.4, -0.2) is 30.1 Å². The third-order valence-electron chi connectivity index (χ3n) is 4.02. The van der Waals surface area contributed by atoms with E-state index >= 15 is 0 Å². The van der Waals surface area contributed by atoms with Gasteiger partial charge in [0.1, 0.15) is 11.3 Å². The van der Waals surface area contributed by atoms with Crippen LogP contribution in [0.4, 0.5) is 0 Å². The third-order valence-corrected chi connectivity index (χ3v) is 4.02. The van der Waals surface area contributed by atoms with Crippen LogP contribution in [0.2, 0.25) is 0 Å². The number of H-pyrrole nitrogens is 2. The lowest BCUT2D eigenvalue weighted by atomic mass is 10.1. The molecule has 0 bridgehead atoms. The number of aromatic nitrogens is 6. The van der Waals surface area contributed by atoms with E-state index in [4.69, 9.17) is 0 Å². The van der Waals surface area contributed by atoms with Crippen molar-refractivity contribution in [2.75, 3.05) is 0 Å². The van der Waals surface area contributed by atoms with Crippen molar-refractivity contribution in [2.24, 2.45) is 0 Å². The van der Waals surface area contributed by atoms with Gasteiger partial charge in [0.2, 0.25) is 0 Å². The number of hydrogen-bond donors (Lipinski definition) is 2. The zero-order valence-corrected chi connectivity index (χ0v) is 12.6. The molecule has 0 saturated heterocycles. The molecule has 24 heavy (non-hydrogen) atoms. The van der Waals surface area contributed by atoms with E-state index in [9.17, 15) is 0 Å². The predicted molar refractivity (Wildman–Crippen MR) is 92.2 cm³/mol. The molecule has 0 aliphatic heterocycles. The van der Waals surface area contributed by atoms with E-state index in [2.05, 4.69) is 36.2 Å². The monoisotopic (exact) mass is 312 g/mol. The predicted octanol–water partition coefficient (Wildman–Crippen LogP) is 3.56. The Bertz CT molecular complexity index is 1120. The second-order valence-electron chi connectivity index (χ2n) is 5.53. The summed E-state index contributed by atoms with van der Waals surface area (Å²) >= 11 is 0. The maximum atomic E-state index is 4.47. The number of rotatable bonds is 2. The molecule has 6 heteroatoms. The standard InChI is InChI=1S/C18H12N6/c1-2-6-19-13(5-1)14-9-12-16(10-21-14)23-24-17(12)15-8-11-4-3-7-20-18(11)22-15/h1-10H,(H,20,22)(H,23,24). The van der Waals surface area contributed by atoms with E-state index in [-0.39, 0.29) is 0 Å². The lowest BCUT2D eigenvalue weighted by Gasteiger charge is -2.00. The van der Waals surface area contributed by atoms with Crippen molar-refractivity contribution in [1.82, 2.24) is 30.1 Å². The Hall–Kier alpha value is -3.54. The summed E-state index contributed by atoms with van der Waals surface area (Å²) in [5, 5.41) is 9.54. The quantitative estimate of drug-likeness (QED) is 0.522. The Morgan fingerprint density at radius 1 is 0.833 bits per heavy atom. The highest BCUT2D eigenvalue weighted by molar-refractivity contribution is 5.96. The van der Waals surface area contributed by atoms with Crippen LogP contribution in [0.15, 0.2) is 61.1 Å². The summed E-state index contributed by atoms with van der Waals surface area (Å²) in [7, 11) is 0. The number of pyridine rings is 3. The summed E-state index contributed by atoms with van der Waals surface area (Å²) < 4.78 is 0. The SMILES string of the molecule is c1ccc(-c2cc3c(-c4cc5cccnc5[nH]4)n[nH]c3cn2)nc1. The van der Waals surface area contributed by atoms with Crippen molar-refractivity contribution in [3.05, 3.63) is 61.1 Å². The fourth-order valence-corrected chi connectivity index (χ4v) is 2.86. The molecule has 0 aliphatic rings. The van der Waals surface area contributed by atoms with Crippen LogP contribution in [0.1, 0.15) is 0 Å². The molecule has 0 unspecified atom stereocenters. The first-order valence-corrected chi connectivity index (χ1v) is 7.58. The summed E-state index contributed by atoms with van der Waals surface area (Å²) in [6.45, 7) is 0. The van der Waals surface area contributed by atoms with Gasteiger partial charge >= 0.3 is 0 Å². The van der Waals surface area contributed by atoms with Gasteiger partial charge in [-0.1, -0.05) is 6.07 Å². The number of hydrogen-bond acceptors (Lipinski definition) is 4. The molecule has 5 aromatic rings. The van der Waals surface area contributed by atoms with Crippen molar-refractivity contribution in [3.63, 3.8) is 0 Å². The summed E-state index contributed by atoms with van der Waals surface area (Å²) in [6.07, 6.45) is 5.33. The zero-order valence-electron chi connectivity index (χ0n) is 12.6. The minimum Gasteiger partial charge on any atom is -0.338 e. The highest BCUT2D eigenvalue weighted by atomic mass is 15.1. The van der Waals surface area contributed by atoms with Gasteiger partial charge in [0.15, 0.2) is 0 Å². The summed E-state index contributed by atoms with van der Waals surface area (Å²) in [6, 6.07) is 13.8. The molecular formula is C18H12N6. The Balaban J connectivity index is 1.71. The summed E-state index contributed by atoms with van der Waals surface area (Å²) in [5.74, 6) is 0. The average molecular weight is 312 g/mol. The topological polar surface area (TPSA) is 83.1 Å². The first-order valence-electron chi connectivity index (χ1n) is 7.58. The zero-order chi connectivity index (χ0) is 15.9. The van der Waals surface area contributed by atoms with E-state index in [0.717, 1.165) is 44.7 Å². The first-order chi connectivity index (χ1) is 11.9. The van der Waals surface area contributed by atoms with Crippen molar-refractivity contribution >= 4 is 21.9 Å². The van der Waals surface area contributed by atoms with Gasteiger partial charge in [0, 0.05) is 23.2 Å². The van der Waals surface area contributed by atoms with Crippen molar-refractivity contribution in [2.45, 2.75) is 0 Å². The van der Waals surface area contributed by atoms with Gasteiger partial charge in [-0.25, -0.2) is 4.98 Å². The third kappa shape index (κ3) is 1.97. The Kier molecular flexibility index (Phi) is 2.69. The molecule has 6 nitrogen and oxygen atoms in total. The van der Waals surface area contributed by atoms with Gasteiger partial charge in [-0.3, -0.25) is 15.1 Å². The van der Waals surface area contributed by atoms with Crippen LogP contribution in [0.3, 0.4) is 0 Å². The van der Waals surface area contributed by atoms with Crippen molar-refractivity contribution < 1.29 is 0 Å². The smallest absolute Gasteiger partial charge is 0.137 e. The largest absolute Gasteiger partial charge is 0.338 e. The second-order valence-corrected chi connectivity index (χ2v) is 5.53. The van der Waals surface area contributed by atoms with Gasteiger partial charge in [0.05, 0.1) is 28.8 Å².